The van der Waals surface area contributed by atoms with E-state index in [9.17, 15) is 4.79 Å². The van der Waals surface area contributed by atoms with Crippen LogP contribution < -0.4 is 0 Å². The zero-order valence-corrected chi connectivity index (χ0v) is 17.2. The number of hydrogen-bond acceptors (Lipinski definition) is 2. The normalized spacial score (nSPS) is 45.4. The van der Waals surface area contributed by atoms with Crippen LogP contribution >= 0.6 is 0 Å². The predicted molar refractivity (Wildman–Crippen MR) is 108 cm³/mol. The Morgan fingerprint density at radius 3 is 2.67 bits per heavy atom. The molecule has 0 aromatic carbocycles. The standard InChI is InChI=1S/C25H34O2/c1-16-7-9-19(27-16)14-17-15-22-20-10-8-18-6-4-5-12-24(18,2)21(20)11-13-25(22,3)23(17)26/h7,9,14,18,20-22H,4-6,8,10-13,15H2,1-3H3/b17-14+/t18-,20+,21-,22-,24+,25-/m1/s1. The minimum absolute atomic E-state index is 0.132. The first-order valence-corrected chi connectivity index (χ1v) is 11.2. The molecule has 0 spiro atoms. The first-order chi connectivity index (χ1) is 12.9. The molecule has 0 N–H and O–H groups in total. The molecule has 6 atom stereocenters. The lowest BCUT2D eigenvalue weighted by Gasteiger charge is -2.59. The SMILES string of the molecule is Cc1ccc(/C=C2\C[C@@H]3[C@H]4CC[C@H]5CCCC[C@]5(C)[C@@H]4CC[C@@]3(C)C2=O)o1. The fraction of sp³-hybridized carbons (Fsp3) is 0.720. The highest BCUT2D eigenvalue weighted by Gasteiger charge is 2.60. The van der Waals surface area contributed by atoms with Crippen molar-refractivity contribution in [3.63, 3.8) is 0 Å². The Morgan fingerprint density at radius 2 is 1.89 bits per heavy atom. The lowest BCUT2D eigenvalue weighted by atomic mass is 9.45. The molecule has 4 aliphatic rings. The van der Waals surface area contributed by atoms with Crippen molar-refractivity contribution in [2.24, 2.45) is 34.5 Å². The van der Waals surface area contributed by atoms with Gasteiger partial charge in [0.2, 0.25) is 0 Å². The largest absolute Gasteiger partial charge is 0.462 e. The van der Waals surface area contributed by atoms with Crippen molar-refractivity contribution in [1.82, 2.24) is 0 Å². The van der Waals surface area contributed by atoms with Gasteiger partial charge in [0.05, 0.1) is 0 Å². The molecule has 2 heteroatoms. The molecule has 0 saturated heterocycles. The number of carbonyl (C=O) groups excluding carboxylic acids is 1. The Hall–Kier alpha value is -1.31. The van der Waals surface area contributed by atoms with Crippen LogP contribution in [0, 0.1) is 41.4 Å². The summed E-state index contributed by atoms with van der Waals surface area (Å²) in [6.07, 6.45) is 13.8. The summed E-state index contributed by atoms with van der Waals surface area (Å²) in [6.45, 7) is 6.85. The van der Waals surface area contributed by atoms with Gasteiger partial charge >= 0.3 is 0 Å². The molecule has 146 valence electrons. The molecule has 1 aromatic rings. The Kier molecular flexibility index (Phi) is 4.01. The summed E-state index contributed by atoms with van der Waals surface area (Å²) in [5, 5.41) is 0. The van der Waals surface area contributed by atoms with Gasteiger partial charge in [-0.25, -0.2) is 0 Å². The lowest BCUT2D eigenvalue weighted by molar-refractivity contribution is -0.137. The van der Waals surface area contributed by atoms with E-state index in [0.29, 0.717) is 17.1 Å². The summed E-state index contributed by atoms with van der Waals surface area (Å²) >= 11 is 0. The monoisotopic (exact) mass is 366 g/mol. The lowest BCUT2D eigenvalue weighted by Crippen LogP contribution is -2.52. The van der Waals surface area contributed by atoms with Crippen molar-refractivity contribution in [1.29, 1.82) is 0 Å². The molecule has 1 aromatic heterocycles. The second-order valence-electron chi connectivity index (χ2n) is 10.5. The van der Waals surface area contributed by atoms with E-state index in [0.717, 1.165) is 47.7 Å². The third-order valence-corrected chi connectivity index (χ3v) is 9.30. The van der Waals surface area contributed by atoms with Gasteiger partial charge in [-0.1, -0.05) is 26.7 Å². The van der Waals surface area contributed by atoms with E-state index in [1.54, 1.807) is 0 Å². The molecule has 0 radical (unpaired) electrons. The van der Waals surface area contributed by atoms with Crippen LogP contribution in [0.5, 0.6) is 0 Å². The molecular formula is C25H34O2. The Bertz CT molecular complexity index is 786. The van der Waals surface area contributed by atoms with Crippen molar-refractivity contribution < 1.29 is 9.21 Å². The smallest absolute Gasteiger partial charge is 0.165 e. The topological polar surface area (TPSA) is 30.2 Å². The second kappa shape index (κ2) is 6.09. The number of Topliss-reactive ketones (excluding diaryl/α,β-unsaturated/α-hetero) is 1. The van der Waals surface area contributed by atoms with Crippen LogP contribution in [0.25, 0.3) is 6.08 Å². The number of carbonyl (C=O) groups is 1. The average Bonchev–Trinajstić information content (AvgIpc) is 3.16. The average molecular weight is 367 g/mol. The Balaban J connectivity index is 1.46. The van der Waals surface area contributed by atoms with Crippen LogP contribution in [0.4, 0.5) is 0 Å². The summed E-state index contributed by atoms with van der Waals surface area (Å²) in [6, 6.07) is 3.98. The van der Waals surface area contributed by atoms with Gasteiger partial charge in [-0.2, -0.15) is 0 Å². The molecule has 5 rings (SSSR count). The molecular weight excluding hydrogens is 332 g/mol. The minimum atomic E-state index is -0.132. The molecule has 0 aliphatic heterocycles. The number of hydrogen-bond donors (Lipinski definition) is 0. The van der Waals surface area contributed by atoms with E-state index in [2.05, 4.69) is 13.8 Å². The van der Waals surface area contributed by atoms with Gasteiger partial charge in [0.15, 0.2) is 5.78 Å². The molecule has 4 saturated carbocycles. The fourth-order valence-electron chi connectivity index (χ4n) is 7.80. The van der Waals surface area contributed by atoms with Gasteiger partial charge in [0, 0.05) is 5.41 Å². The van der Waals surface area contributed by atoms with E-state index in [1.165, 1.54) is 44.9 Å². The highest BCUT2D eigenvalue weighted by Crippen LogP contribution is 2.66. The third-order valence-electron chi connectivity index (χ3n) is 9.30. The maximum absolute atomic E-state index is 13.4. The van der Waals surface area contributed by atoms with Crippen LogP contribution in [0.3, 0.4) is 0 Å². The van der Waals surface area contributed by atoms with Gasteiger partial charge in [0.1, 0.15) is 11.5 Å². The highest BCUT2D eigenvalue weighted by molar-refractivity contribution is 6.05. The van der Waals surface area contributed by atoms with Gasteiger partial charge in [-0.15, -0.1) is 0 Å². The second-order valence-corrected chi connectivity index (χ2v) is 10.5. The number of aryl methyl sites for hydroxylation is 1. The molecule has 0 unspecified atom stereocenters. The van der Waals surface area contributed by atoms with Crippen LogP contribution in [-0.4, -0.2) is 5.78 Å². The quantitative estimate of drug-likeness (QED) is 0.525. The molecule has 0 bridgehead atoms. The van der Waals surface area contributed by atoms with Crippen LogP contribution in [0.2, 0.25) is 0 Å². The van der Waals surface area contributed by atoms with Crippen LogP contribution in [0.1, 0.15) is 83.2 Å². The number of fused-ring (bicyclic) bond motifs is 5. The zero-order valence-electron chi connectivity index (χ0n) is 17.2. The summed E-state index contributed by atoms with van der Waals surface area (Å²) < 4.78 is 5.74. The summed E-state index contributed by atoms with van der Waals surface area (Å²) in [7, 11) is 0. The molecule has 27 heavy (non-hydrogen) atoms. The van der Waals surface area contributed by atoms with Gasteiger partial charge in [-0.05, 0) is 105 Å². The van der Waals surface area contributed by atoms with Crippen molar-refractivity contribution in [3.8, 4) is 0 Å². The predicted octanol–water partition coefficient (Wildman–Crippen LogP) is 6.58. The maximum Gasteiger partial charge on any atom is 0.165 e. The summed E-state index contributed by atoms with van der Waals surface area (Å²) in [5.74, 6) is 5.25. The van der Waals surface area contributed by atoms with Crippen LogP contribution in [0.15, 0.2) is 22.1 Å². The van der Waals surface area contributed by atoms with Gasteiger partial charge < -0.3 is 4.42 Å². The van der Waals surface area contributed by atoms with Crippen molar-refractivity contribution in [2.75, 3.05) is 0 Å². The zero-order chi connectivity index (χ0) is 18.8. The molecule has 1 heterocycles. The molecule has 4 fully saturated rings. The van der Waals surface area contributed by atoms with E-state index < -0.39 is 0 Å². The first-order valence-electron chi connectivity index (χ1n) is 11.2. The van der Waals surface area contributed by atoms with E-state index >= 15 is 0 Å². The van der Waals surface area contributed by atoms with E-state index in [-0.39, 0.29) is 5.41 Å². The van der Waals surface area contributed by atoms with Crippen molar-refractivity contribution >= 4 is 11.9 Å². The van der Waals surface area contributed by atoms with Gasteiger partial charge in [-0.3, -0.25) is 4.79 Å². The Morgan fingerprint density at radius 1 is 1.04 bits per heavy atom. The fourth-order valence-corrected chi connectivity index (χ4v) is 7.80. The molecule has 0 amide bonds. The first kappa shape index (κ1) is 17.8. The molecule has 4 aliphatic carbocycles. The van der Waals surface area contributed by atoms with E-state index in [4.69, 9.17) is 4.42 Å². The van der Waals surface area contributed by atoms with Crippen LogP contribution in [-0.2, 0) is 4.79 Å². The van der Waals surface area contributed by atoms with E-state index in [1.807, 2.05) is 25.1 Å². The minimum Gasteiger partial charge on any atom is -0.462 e. The molecule has 2 nitrogen and oxygen atoms in total. The van der Waals surface area contributed by atoms with Crippen molar-refractivity contribution in [2.45, 2.75) is 78.6 Å². The van der Waals surface area contributed by atoms with Crippen molar-refractivity contribution in [3.05, 3.63) is 29.2 Å². The number of rotatable bonds is 1. The highest BCUT2D eigenvalue weighted by atomic mass is 16.3. The maximum atomic E-state index is 13.4. The number of furan rings is 1. The Labute approximate surface area is 163 Å². The van der Waals surface area contributed by atoms with Gasteiger partial charge in [0.25, 0.3) is 0 Å². The summed E-state index contributed by atoms with van der Waals surface area (Å²) in [4.78, 5) is 13.4. The summed E-state index contributed by atoms with van der Waals surface area (Å²) in [5.41, 5.74) is 1.43. The number of ketones is 1. The number of allylic oxidation sites excluding steroid dienone is 1. The third kappa shape index (κ3) is 2.54.